The molecular weight excluding hydrogens is 594 g/mol. The third kappa shape index (κ3) is 48.0. The second-order valence-electron chi connectivity index (χ2n) is 13.0. The highest BCUT2D eigenvalue weighted by Gasteiger charge is 2.35. The molecule has 0 N–H and O–H groups in total. The molecule has 1 rings (SSSR count). The van der Waals surface area contributed by atoms with Crippen LogP contribution < -0.4 is 0 Å². The van der Waals surface area contributed by atoms with Crippen molar-refractivity contribution in [3.8, 4) is 0 Å². The predicted molar refractivity (Wildman–Crippen MR) is 199 cm³/mol. The number of Topliss-reactive ketones (excluding diaryl/α,β-unsaturated/α-hetero) is 5. The van der Waals surface area contributed by atoms with Crippen LogP contribution in [0.4, 0.5) is 0 Å². The van der Waals surface area contributed by atoms with Crippen LogP contribution in [0.15, 0.2) is 16.8 Å². The van der Waals surface area contributed by atoms with E-state index in [4.69, 9.17) is 9.57 Å². The lowest BCUT2D eigenvalue weighted by molar-refractivity contribution is -0.129. The molecule has 0 amide bonds. The van der Waals surface area contributed by atoms with Crippen LogP contribution in [0.25, 0.3) is 0 Å². The lowest BCUT2D eigenvalue weighted by atomic mass is 9.68. The van der Waals surface area contributed by atoms with E-state index in [2.05, 4.69) is 25.9 Å². The number of hydrogen-bond donors (Lipinski definition) is 0. The average molecular weight is 670 g/mol. The molecular formula is C39H75NO7. The highest BCUT2D eigenvalue weighted by Crippen LogP contribution is 2.40. The van der Waals surface area contributed by atoms with Crippen molar-refractivity contribution in [2.45, 2.75) is 181 Å². The molecule has 0 aliphatic heterocycles. The third-order valence-electron chi connectivity index (χ3n) is 6.94. The standard InChI is InChI=1S/C9H16O.C8H15NO2.C7H12O.C6H12O.C5H10O.C4H10O/c1-4-5-6-7-8(2)9(3)10;1-4-5-6-11-9-7(2)8(3)10;1-6(8)7(2)4-3-5-7;1-5(2)4-6(3)7;1-3-4-5(2)6;1-4(2)5-3/h7H,4-6H2,1-3H3;4-6H2,1-3H3;3-5H2,1-2H3;5H,4H2,1-3H3;3-4H2,1-2H3;4H,1-3H3. The summed E-state index contributed by atoms with van der Waals surface area (Å²) in [6, 6.07) is 0. The van der Waals surface area contributed by atoms with Gasteiger partial charge in [0.05, 0.1) is 6.10 Å². The Labute approximate surface area is 290 Å². The molecule has 1 saturated carbocycles. The van der Waals surface area contributed by atoms with Crippen molar-refractivity contribution < 1.29 is 33.5 Å². The topological polar surface area (TPSA) is 116 Å². The van der Waals surface area contributed by atoms with Gasteiger partial charge >= 0.3 is 0 Å². The van der Waals surface area contributed by atoms with E-state index in [1.807, 2.05) is 47.6 Å². The summed E-state index contributed by atoms with van der Waals surface area (Å²) in [5, 5.41) is 3.63. The van der Waals surface area contributed by atoms with Gasteiger partial charge in [-0.05, 0) is 99.0 Å². The van der Waals surface area contributed by atoms with Crippen molar-refractivity contribution in [3.05, 3.63) is 11.6 Å². The fourth-order valence-electron chi connectivity index (χ4n) is 3.07. The maximum absolute atomic E-state index is 10.7. The third-order valence-corrected chi connectivity index (χ3v) is 6.94. The highest BCUT2D eigenvalue weighted by atomic mass is 16.6. The van der Waals surface area contributed by atoms with Crippen LogP contribution in [-0.4, -0.2) is 54.4 Å². The molecule has 0 bridgehead atoms. The number of allylic oxidation sites excluding steroid dienone is 2. The van der Waals surface area contributed by atoms with Gasteiger partial charge < -0.3 is 19.2 Å². The maximum atomic E-state index is 10.7. The van der Waals surface area contributed by atoms with E-state index in [-0.39, 0.29) is 28.5 Å². The van der Waals surface area contributed by atoms with Crippen molar-refractivity contribution >= 4 is 34.6 Å². The van der Waals surface area contributed by atoms with E-state index < -0.39 is 0 Å². The Morgan fingerprint density at radius 2 is 1.26 bits per heavy atom. The summed E-state index contributed by atoms with van der Waals surface area (Å²) in [6.07, 6.45) is 13.8. The Morgan fingerprint density at radius 3 is 1.45 bits per heavy atom. The van der Waals surface area contributed by atoms with E-state index in [9.17, 15) is 24.0 Å². The first-order chi connectivity index (χ1) is 21.7. The Kier molecular flexibility index (Phi) is 41.8. The SMILES string of the molecule is CC(=O)C1(C)CCC1.CC(=O)CC(C)C.CCCC(C)=O.CCCCC=C(C)C(C)=O.CCCCON=C(C)C(C)=O.COC(C)C. The highest BCUT2D eigenvalue weighted by molar-refractivity contribution is 6.37. The molecule has 0 radical (unpaired) electrons. The Morgan fingerprint density at radius 1 is 0.766 bits per heavy atom. The number of nitrogens with zero attached hydrogens (tertiary/aromatic N) is 1. The van der Waals surface area contributed by atoms with Crippen LogP contribution in [-0.2, 0) is 33.5 Å². The van der Waals surface area contributed by atoms with Crippen molar-refractivity contribution in [2.75, 3.05) is 13.7 Å². The summed E-state index contributed by atoms with van der Waals surface area (Å²) in [7, 11) is 1.70. The van der Waals surface area contributed by atoms with Crippen LogP contribution in [0.1, 0.15) is 174 Å². The normalized spacial score (nSPS) is 12.8. The number of rotatable bonds is 15. The van der Waals surface area contributed by atoms with Gasteiger partial charge in [-0.25, -0.2) is 0 Å². The summed E-state index contributed by atoms with van der Waals surface area (Å²) in [5.74, 6) is 1.62. The molecule has 8 nitrogen and oxygen atoms in total. The van der Waals surface area contributed by atoms with E-state index in [1.165, 1.54) is 26.2 Å². The first-order valence-electron chi connectivity index (χ1n) is 17.6. The van der Waals surface area contributed by atoms with Crippen LogP contribution >= 0.6 is 0 Å². The molecule has 0 atom stereocenters. The zero-order chi connectivity index (χ0) is 38.0. The monoisotopic (exact) mass is 670 g/mol. The zero-order valence-electron chi connectivity index (χ0n) is 33.5. The minimum Gasteiger partial charge on any atom is -0.396 e. The number of ketones is 5. The summed E-state index contributed by atoms with van der Waals surface area (Å²) in [5.41, 5.74) is 1.41. The molecule has 8 heteroatoms. The predicted octanol–water partition coefficient (Wildman–Crippen LogP) is 10.3. The minimum atomic E-state index is -0.0403. The second kappa shape index (κ2) is 36.4. The fraction of sp³-hybridized carbons (Fsp3) is 0.795. The molecule has 1 fully saturated rings. The van der Waals surface area contributed by atoms with Gasteiger partial charge in [-0.3, -0.25) is 14.4 Å². The number of unbranched alkanes of at least 4 members (excludes halogenated alkanes) is 3. The van der Waals surface area contributed by atoms with Crippen molar-refractivity contribution in [3.63, 3.8) is 0 Å². The molecule has 0 aromatic heterocycles. The van der Waals surface area contributed by atoms with Crippen molar-refractivity contribution in [2.24, 2.45) is 16.5 Å². The minimum absolute atomic E-state index is 0.0403. The quantitative estimate of drug-likeness (QED) is 0.0737. The van der Waals surface area contributed by atoms with E-state index in [0.29, 0.717) is 30.1 Å². The molecule has 278 valence electrons. The molecule has 0 heterocycles. The van der Waals surface area contributed by atoms with Gasteiger partial charge in [0.2, 0.25) is 0 Å². The number of ether oxygens (including phenoxy) is 1. The molecule has 0 aromatic rings. The first kappa shape index (κ1) is 54.0. The average Bonchev–Trinajstić information content (AvgIpc) is 2.94. The largest absolute Gasteiger partial charge is 0.396 e. The van der Waals surface area contributed by atoms with E-state index in [1.54, 1.807) is 41.7 Å². The van der Waals surface area contributed by atoms with Gasteiger partial charge in [0.1, 0.15) is 29.7 Å². The second-order valence-corrected chi connectivity index (χ2v) is 13.0. The van der Waals surface area contributed by atoms with Gasteiger partial charge in [0.15, 0.2) is 11.6 Å². The van der Waals surface area contributed by atoms with Gasteiger partial charge in [0, 0.05) is 32.3 Å². The zero-order valence-corrected chi connectivity index (χ0v) is 33.5. The molecule has 0 unspecified atom stereocenters. The summed E-state index contributed by atoms with van der Waals surface area (Å²) < 4.78 is 4.75. The van der Waals surface area contributed by atoms with Gasteiger partial charge in [-0.1, -0.05) is 78.5 Å². The Hall–Kier alpha value is -2.48. The van der Waals surface area contributed by atoms with Crippen LogP contribution in [0.3, 0.4) is 0 Å². The molecule has 0 saturated heterocycles. The Bertz CT molecular complexity index is 882. The molecule has 0 spiro atoms. The molecule has 0 aromatic carbocycles. The van der Waals surface area contributed by atoms with Gasteiger partial charge in [-0.2, -0.15) is 0 Å². The summed E-state index contributed by atoms with van der Waals surface area (Å²) in [6.45, 7) is 28.5. The molecule has 1 aliphatic rings. The lowest BCUT2D eigenvalue weighted by Gasteiger charge is -2.35. The molecule has 47 heavy (non-hydrogen) atoms. The number of carbonyl (C=O) groups is 5. The van der Waals surface area contributed by atoms with Crippen LogP contribution in [0, 0.1) is 11.3 Å². The van der Waals surface area contributed by atoms with E-state index in [0.717, 1.165) is 56.9 Å². The Balaban J connectivity index is -0.000000153. The summed E-state index contributed by atoms with van der Waals surface area (Å²) >= 11 is 0. The van der Waals surface area contributed by atoms with Crippen molar-refractivity contribution in [1.29, 1.82) is 0 Å². The number of hydrogen-bond acceptors (Lipinski definition) is 8. The lowest BCUT2D eigenvalue weighted by Crippen LogP contribution is -2.32. The smallest absolute Gasteiger partial charge is 0.177 e. The fourth-order valence-corrected chi connectivity index (χ4v) is 3.07. The van der Waals surface area contributed by atoms with Crippen LogP contribution in [0.5, 0.6) is 0 Å². The first-order valence-corrected chi connectivity index (χ1v) is 17.6. The molecule has 1 aliphatic carbocycles. The number of carbonyl (C=O) groups excluding carboxylic acids is 5. The van der Waals surface area contributed by atoms with Crippen molar-refractivity contribution in [1.82, 2.24) is 0 Å². The maximum Gasteiger partial charge on any atom is 0.177 e. The van der Waals surface area contributed by atoms with Gasteiger partial charge in [-0.15, -0.1) is 0 Å². The van der Waals surface area contributed by atoms with Crippen LogP contribution in [0.2, 0.25) is 0 Å². The van der Waals surface area contributed by atoms with E-state index >= 15 is 0 Å². The number of oxime groups is 1. The van der Waals surface area contributed by atoms with Gasteiger partial charge in [0.25, 0.3) is 0 Å². The number of methoxy groups -OCH3 is 1. The summed E-state index contributed by atoms with van der Waals surface area (Å²) in [4.78, 5) is 57.2.